The summed E-state index contributed by atoms with van der Waals surface area (Å²) in [5.41, 5.74) is 4.77. The van der Waals surface area contributed by atoms with Crippen LogP contribution in [0.1, 0.15) is 55.1 Å². The van der Waals surface area contributed by atoms with E-state index in [2.05, 4.69) is 5.32 Å². The fourth-order valence-electron chi connectivity index (χ4n) is 5.20. The van der Waals surface area contributed by atoms with Gasteiger partial charge in [0.15, 0.2) is 0 Å². The molecule has 4 aromatic rings. The SMILES string of the molecule is CC(C)c1c(C(=O)Nc2ccccc2)c(-c2ccccc2)c(-c2ccc(F)cc2)n1CCC(O)CC(O)CC(=O)O.O.O.O.[CaH2]. The molecular weight excluding hydrogens is 611 g/mol. The number of carboxylic acid groups (broad SMARTS) is 1. The first kappa shape index (κ1) is 41.9. The molecule has 242 valence electrons. The second-order valence-electron chi connectivity index (χ2n) is 10.4. The summed E-state index contributed by atoms with van der Waals surface area (Å²) in [5, 5.41) is 32.8. The van der Waals surface area contributed by atoms with E-state index < -0.39 is 24.6 Å². The van der Waals surface area contributed by atoms with Gasteiger partial charge in [-0.1, -0.05) is 62.4 Å². The van der Waals surface area contributed by atoms with Crippen molar-refractivity contribution in [1.82, 2.24) is 4.57 Å². The number of hydrogen-bond acceptors (Lipinski definition) is 4. The Balaban J connectivity index is 0.00000484. The molecule has 10 nitrogen and oxygen atoms in total. The maximum atomic E-state index is 14.0. The van der Waals surface area contributed by atoms with Crippen molar-refractivity contribution < 1.29 is 45.7 Å². The molecule has 45 heavy (non-hydrogen) atoms. The Bertz CT molecular complexity index is 1480. The van der Waals surface area contributed by atoms with Crippen LogP contribution in [0.25, 0.3) is 22.4 Å². The molecule has 0 spiro atoms. The fraction of sp³-hybridized carbons (Fsp3) is 0.273. The first-order chi connectivity index (χ1) is 19.7. The minimum atomic E-state index is -1.18. The van der Waals surface area contributed by atoms with Gasteiger partial charge in [-0.3, -0.25) is 9.59 Å². The molecule has 0 fully saturated rings. The number of amides is 1. The van der Waals surface area contributed by atoms with Crippen molar-refractivity contribution in [2.75, 3.05) is 5.32 Å². The molecule has 0 bridgehead atoms. The number of carboxylic acids is 1. The predicted octanol–water partition coefficient (Wildman–Crippen LogP) is 2.92. The summed E-state index contributed by atoms with van der Waals surface area (Å²) < 4.78 is 16.0. The van der Waals surface area contributed by atoms with E-state index in [9.17, 15) is 24.2 Å². The molecule has 1 aromatic heterocycles. The van der Waals surface area contributed by atoms with Crippen LogP contribution in [-0.4, -0.2) is 98.1 Å². The van der Waals surface area contributed by atoms with Crippen LogP contribution < -0.4 is 5.32 Å². The van der Waals surface area contributed by atoms with Gasteiger partial charge in [-0.05, 0) is 66.3 Å². The molecule has 0 radical (unpaired) electrons. The van der Waals surface area contributed by atoms with Crippen LogP contribution in [0.2, 0.25) is 0 Å². The van der Waals surface area contributed by atoms with Crippen molar-refractivity contribution in [1.29, 1.82) is 0 Å². The first-order valence-corrected chi connectivity index (χ1v) is 13.7. The van der Waals surface area contributed by atoms with E-state index in [1.807, 2.05) is 79.1 Å². The number of carbonyl (C=O) groups is 2. The van der Waals surface area contributed by atoms with Crippen molar-refractivity contribution >= 4 is 55.3 Å². The Kier molecular flexibility index (Phi) is 18.0. The van der Waals surface area contributed by atoms with Crippen molar-refractivity contribution in [3.05, 3.63) is 102 Å². The van der Waals surface area contributed by atoms with Gasteiger partial charge in [0.25, 0.3) is 5.91 Å². The molecule has 0 aliphatic carbocycles. The summed E-state index contributed by atoms with van der Waals surface area (Å²) in [6.45, 7) is 4.25. The molecule has 0 saturated heterocycles. The van der Waals surface area contributed by atoms with Gasteiger partial charge in [0, 0.05) is 23.5 Å². The summed E-state index contributed by atoms with van der Waals surface area (Å²) in [7, 11) is 0. The van der Waals surface area contributed by atoms with Gasteiger partial charge in [0.1, 0.15) is 5.82 Å². The monoisotopic (exact) mass is 654 g/mol. The third kappa shape index (κ3) is 10.7. The van der Waals surface area contributed by atoms with Crippen LogP contribution in [0.15, 0.2) is 84.9 Å². The summed E-state index contributed by atoms with van der Waals surface area (Å²) in [5.74, 6) is -1.93. The van der Waals surface area contributed by atoms with Gasteiger partial charge in [-0.15, -0.1) is 0 Å². The Labute approximate surface area is 291 Å². The van der Waals surface area contributed by atoms with Gasteiger partial charge in [0.2, 0.25) is 0 Å². The number of anilines is 1. The number of aromatic nitrogens is 1. The zero-order valence-electron chi connectivity index (χ0n) is 24.6. The van der Waals surface area contributed by atoms with Crippen LogP contribution in [0.4, 0.5) is 10.1 Å². The molecular formula is C33H43CaFN2O8. The van der Waals surface area contributed by atoms with Crippen molar-refractivity contribution in [3.8, 4) is 22.4 Å². The molecule has 0 aliphatic heterocycles. The number of para-hydroxylation sites is 1. The Morgan fingerprint density at radius 3 is 1.91 bits per heavy atom. The van der Waals surface area contributed by atoms with Crippen LogP contribution in [0.5, 0.6) is 0 Å². The van der Waals surface area contributed by atoms with E-state index in [0.717, 1.165) is 11.3 Å². The molecule has 0 saturated carbocycles. The van der Waals surface area contributed by atoms with Gasteiger partial charge < -0.3 is 41.6 Å². The Hall–Kier alpha value is -3.13. The van der Waals surface area contributed by atoms with Gasteiger partial charge >= 0.3 is 43.7 Å². The average molecular weight is 655 g/mol. The first-order valence-electron chi connectivity index (χ1n) is 13.7. The number of carbonyl (C=O) groups excluding carboxylic acids is 1. The second kappa shape index (κ2) is 19.4. The van der Waals surface area contributed by atoms with Crippen LogP contribution in [0, 0.1) is 5.82 Å². The average Bonchev–Trinajstić information content (AvgIpc) is 3.28. The summed E-state index contributed by atoms with van der Waals surface area (Å²) in [4.78, 5) is 25.0. The quantitative estimate of drug-likeness (QED) is 0.170. The summed E-state index contributed by atoms with van der Waals surface area (Å²) >= 11 is 0. The molecule has 1 heterocycles. The van der Waals surface area contributed by atoms with E-state index in [0.29, 0.717) is 28.1 Å². The number of nitrogens with zero attached hydrogens (tertiary/aromatic N) is 1. The van der Waals surface area contributed by atoms with Crippen molar-refractivity contribution in [3.63, 3.8) is 0 Å². The topological polar surface area (TPSA) is 206 Å². The van der Waals surface area contributed by atoms with E-state index in [4.69, 9.17) is 5.11 Å². The molecule has 4 rings (SSSR count). The third-order valence-corrected chi connectivity index (χ3v) is 6.93. The molecule has 12 heteroatoms. The fourth-order valence-corrected chi connectivity index (χ4v) is 5.20. The van der Waals surface area contributed by atoms with Crippen LogP contribution in [0.3, 0.4) is 0 Å². The number of aliphatic hydroxyl groups is 2. The zero-order chi connectivity index (χ0) is 29.5. The third-order valence-electron chi connectivity index (χ3n) is 6.93. The summed E-state index contributed by atoms with van der Waals surface area (Å²) in [6, 6.07) is 24.8. The number of aliphatic carboxylic acids is 1. The molecule has 1 amide bonds. The second-order valence-corrected chi connectivity index (χ2v) is 10.4. The Morgan fingerprint density at radius 2 is 1.38 bits per heavy atom. The molecule has 10 N–H and O–H groups in total. The number of halogens is 1. The van der Waals surface area contributed by atoms with E-state index >= 15 is 0 Å². The molecule has 2 atom stereocenters. The predicted molar refractivity (Wildman–Crippen MR) is 177 cm³/mol. The number of rotatable bonds is 12. The number of aliphatic hydroxyl groups excluding tert-OH is 2. The Morgan fingerprint density at radius 1 is 0.822 bits per heavy atom. The summed E-state index contributed by atoms with van der Waals surface area (Å²) in [6.07, 6.45) is -2.51. The van der Waals surface area contributed by atoms with E-state index in [-0.39, 0.29) is 91.2 Å². The van der Waals surface area contributed by atoms with Crippen molar-refractivity contribution in [2.24, 2.45) is 0 Å². The minimum absolute atomic E-state index is 0. The van der Waals surface area contributed by atoms with Gasteiger partial charge in [-0.2, -0.15) is 0 Å². The van der Waals surface area contributed by atoms with Gasteiger partial charge in [0.05, 0.1) is 29.9 Å². The zero-order valence-corrected chi connectivity index (χ0v) is 24.6. The molecule has 0 aliphatic rings. The van der Waals surface area contributed by atoms with E-state index in [1.54, 1.807) is 12.1 Å². The maximum absolute atomic E-state index is 14.0. The number of nitrogens with one attached hydrogen (secondary N) is 1. The molecule has 3 aromatic carbocycles. The van der Waals surface area contributed by atoms with Crippen LogP contribution >= 0.6 is 0 Å². The normalized spacial score (nSPS) is 11.6. The standard InChI is InChI=1S/C33H35FN2O5.Ca.3H2O.2H/c1-21(2)31-30(33(41)35-25-11-7-4-8-12-25)29(22-9-5-3-6-10-22)32(23-13-15-24(34)16-14-23)36(31)18-17-26(37)19-27(38)20-28(39)40;;;;;;/h3-16,21,26-27,37-38H,17-20H2,1-2H3,(H,35,41)(H,39,40);;3*1H2;;. The number of benzene rings is 3. The number of hydrogen-bond donors (Lipinski definition) is 4. The van der Waals surface area contributed by atoms with Gasteiger partial charge in [-0.25, -0.2) is 4.39 Å². The van der Waals surface area contributed by atoms with E-state index in [1.165, 1.54) is 12.1 Å². The van der Waals surface area contributed by atoms with Crippen molar-refractivity contribution in [2.45, 2.75) is 57.8 Å². The molecule has 2 unspecified atom stereocenters. The van der Waals surface area contributed by atoms with Crippen LogP contribution in [-0.2, 0) is 11.3 Å².